The molecule has 2 heterocycles. The molecule has 0 saturated carbocycles. The fraction of sp³-hybridized carbons (Fsp3) is 0.316. The molecule has 7 heteroatoms. The number of halogens is 1. The third-order valence-corrected chi connectivity index (χ3v) is 7.12. The Hall–Kier alpha value is -2.05. The van der Waals surface area contributed by atoms with Gasteiger partial charge in [0.2, 0.25) is 0 Å². The smallest absolute Gasteiger partial charge is 0.288 e. The summed E-state index contributed by atoms with van der Waals surface area (Å²) in [6.45, 7) is 2.06. The molecule has 0 aromatic heterocycles. The van der Waals surface area contributed by atoms with Crippen LogP contribution in [0.15, 0.2) is 48.5 Å². The van der Waals surface area contributed by atoms with E-state index in [0.29, 0.717) is 16.4 Å². The van der Waals surface area contributed by atoms with Gasteiger partial charge in [0.25, 0.3) is 0 Å². The minimum atomic E-state index is -3.22. The zero-order valence-corrected chi connectivity index (χ0v) is 15.9. The Labute approximate surface area is 158 Å². The van der Waals surface area contributed by atoms with Crippen molar-refractivity contribution in [1.82, 2.24) is 0 Å². The van der Waals surface area contributed by atoms with E-state index in [1.165, 1.54) is 5.56 Å². The fourth-order valence-corrected chi connectivity index (χ4v) is 5.97. The molecule has 2 fully saturated rings. The van der Waals surface area contributed by atoms with Gasteiger partial charge in [-0.05, 0) is 36.2 Å². The molecule has 4 rings (SSSR count). The Morgan fingerprint density at radius 3 is 2.23 bits per heavy atom. The monoisotopic (exact) mass is 390 g/mol. The Balaban J connectivity index is 1.80. The van der Waals surface area contributed by atoms with Crippen molar-refractivity contribution < 1.29 is 13.2 Å². The lowest BCUT2D eigenvalue weighted by atomic mass is 10.1. The summed E-state index contributed by atoms with van der Waals surface area (Å²) in [5.41, 5.74) is 2.44. The van der Waals surface area contributed by atoms with Crippen LogP contribution < -0.4 is 9.80 Å². The summed E-state index contributed by atoms with van der Waals surface area (Å²) in [5.74, 6) is -0.0714. The summed E-state index contributed by atoms with van der Waals surface area (Å²) in [6, 6.07) is 13.7. The molecule has 2 aliphatic heterocycles. The van der Waals surface area contributed by atoms with E-state index in [1.807, 2.05) is 24.3 Å². The molecule has 136 valence electrons. The molecule has 0 spiro atoms. The lowest BCUT2D eigenvalue weighted by Gasteiger charge is -2.23. The summed E-state index contributed by atoms with van der Waals surface area (Å²) in [6.07, 6.45) is 0.903. The number of nitrogens with zero attached hydrogens (tertiary/aromatic N) is 2. The number of carbonyl (C=O) groups excluding carboxylic acids is 1. The minimum absolute atomic E-state index is 0.0279. The van der Waals surface area contributed by atoms with Gasteiger partial charge in [-0.2, -0.15) is 0 Å². The van der Waals surface area contributed by atoms with E-state index in [0.717, 1.165) is 6.42 Å². The topological polar surface area (TPSA) is 57.7 Å². The summed E-state index contributed by atoms with van der Waals surface area (Å²) in [5, 5.41) is 0.437. The zero-order valence-electron chi connectivity index (χ0n) is 14.3. The Morgan fingerprint density at radius 1 is 1.00 bits per heavy atom. The number of sulfone groups is 1. The second kappa shape index (κ2) is 6.28. The standard InChI is InChI=1S/C19H19ClN2O3S/c1-2-13-7-9-14(10-8-13)21-17-11-26(24,25)12-18(17)22(19(21)23)16-6-4-3-5-15(16)20/h3-10,17-18H,2,11-12H2,1H3/t17-,18-/m1/s1. The first-order valence-electron chi connectivity index (χ1n) is 8.57. The number of para-hydroxylation sites is 1. The average molecular weight is 391 g/mol. The third-order valence-electron chi connectivity index (χ3n) is 5.10. The molecular formula is C19H19ClN2O3S. The fourth-order valence-electron chi connectivity index (χ4n) is 3.83. The second-order valence-corrected chi connectivity index (χ2v) is 9.27. The minimum Gasteiger partial charge on any atom is -0.288 e. The van der Waals surface area contributed by atoms with Gasteiger partial charge in [-0.15, -0.1) is 0 Å². The number of carbonyl (C=O) groups is 1. The number of fused-ring (bicyclic) bond motifs is 1. The van der Waals surface area contributed by atoms with Crippen molar-refractivity contribution in [1.29, 1.82) is 0 Å². The molecule has 0 N–H and O–H groups in total. The number of urea groups is 1. The molecule has 0 aliphatic carbocycles. The highest BCUT2D eigenvalue weighted by atomic mass is 35.5. The number of hydrogen-bond donors (Lipinski definition) is 0. The van der Waals surface area contributed by atoms with Crippen molar-refractivity contribution in [3.05, 3.63) is 59.1 Å². The maximum Gasteiger partial charge on any atom is 0.329 e. The van der Waals surface area contributed by atoms with Gasteiger partial charge in [-0.3, -0.25) is 9.80 Å². The Kier molecular flexibility index (Phi) is 4.20. The van der Waals surface area contributed by atoms with Crippen LogP contribution in [0.3, 0.4) is 0 Å². The number of aryl methyl sites for hydroxylation is 1. The summed E-state index contributed by atoms with van der Waals surface area (Å²) < 4.78 is 24.6. The number of amides is 2. The molecule has 26 heavy (non-hydrogen) atoms. The zero-order chi connectivity index (χ0) is 18.5. The van der Waals surface area contributed by atoms with Crippen LogP contribution in [0.1, 0.15) is 12.5 Å². The first-order chi connectivity index (χ1) is 12.4. The van der Waals surface area contributed by atoms with Crippen molar-refractivity contribution >= 4 is 38.8 Å². The SMILES string of the molecule is CCc1ccc(N2C(=O)N(c3ccccc3Cl)[C@@H]3CS(=O)(=O)C[C@H]32)cc1. The van der Waals surface area contributed by atoms with E-state index >= 15 is 0 Å². The van der Waals surface area contributed by atoms with Crippen LogP contribution in [0, 0.1) is 0 Å². The number of rotatable bonds is 3. The van der Waals surface area contributed by atoms with Crippen molar-refractivity contribution in [3.63, 3.8) is 0 Å². The van der Waals surface area contributed by atoms with Gasteiger partial charge in [0, 0.05) is 5.69 Å². The van der Waals surface area contributed by atoms with Gasteiger partial charge in [0.15, 0.2) is 9.84 Å². The lowest BCUT2D eigenvalue weighted by molar-refractivity contribution is 0.255. The van der Waals surface area contributed by atoms with Gasteiger partial charge in [-0.25, -0.2) is 13.2 Å². The highest BCUT2D eigenvalue weighted by Gasteiger charge is 2.54. The van der Waals surface area contributed by atoms with Gasteiger partial charge < -0.3 is 0 Å². The van der Waals surface area contributed by atoms with Gasteiger partial charge in [0.1, 0.15) is 0 Å². The summed E-state index contributed by atoms with van der Waals surface area (Å²) >= 11 is 6.30. The highest BCUT2D eigenvalue weighted by Crippen LogP contribution is 2.40. The number of anilines is 2. The normalized spacial score (nSPS) is 24.2. The Morgan fingerprint density at radius 2 is 1.62 bits per heavy atom. The van der Waals surface area contributed by atoms with Crippen molar-refractivity contribution in [2.75, 3.05) is 21.3 Å². The summed E-state index contributed by atoms with van der Waals surface area (Å²) in [4.78, 5) is 16.4. The molecule has 0 radical (unpaired) electrons. The van der Waals surface area contributed by atoms with E-state index in [4.69, 9.17) is 11.6 Å². The Bertz CT molecular complexity index is 959. The predicted octanol–water partition coefficient (Wildman–Crippen LogP) is 3.51. The van der Waals surface area contributed by atoms with E-state index in [9.17, 15) is 13.2 Å². The average Bonchev–Trinajstić information content (AvgIpc) is 3.05. The van der Waals surface area contributed by atoms with E-state index < -0.39 is 21.9 Å². The first kappa shape index (κ1) is 17.4. The van der Waals surface area contributed by atoms with Crippen LogP contribution in [0.2, 0.25) is 5.02 Å². The highest BCUT2D eigenvalue weighted by molar-refractivity contribution is 7.91. The molecule has 2 aliphatic rings. The first-order valence-corrected chi connectivity index (χ1v) is 10.8. The van der Waals surface area contributed by atoms with Crippen molar-refractivity contribution in [2.45, 2.75) is 25.4 Å². The van der Waals surface area contributed by atoms with Crippen LogP contribution in [0.5, 0.6) is 0 Å². The third kappa shape index (κ3) is 2.77. The molecular weight excluding hydrogens is 372 g/mol. The molecule has 2 atom stereocenters. The van der Waals surface area contributed by atoms with E-state index in [1.54, 1.807) is 34.1 Å². The molecule has 2 saturated heterocycles. The molecule has 2 aromatic rings. The van der Waals surface area contributed by atoms with Gasteiger partial charge in [0.05, 0.1) is 34.3 Å². The molecule has 0 bridgehead atoms. The number of hydrogen-bond acceptors (Lipinski definition) is 3. The maximum atomic E-state index is 13.2. The number of benzene rings is 2. The molecule has 2 amide bonds. The van der Waals surface area contributed by atoms with Crippen LogP contribution in [0.25, 0.3) is 0 Å². The molecule has 2 aromatic carbocycles. The predicted molar refractivity (Wildman–Crippen MR) is 104 cm³/mol. The van der Waals surface area contributed by atoms with Gasteiger partial charge >= 0.3 is 6.03 Å². The maximum absolute atomic E-state index is 13.2. The van der Waals surface area contributed by atoms with Crippen LogP contribution in [-0.2, 0) is 16.3 Å². The van der Waals surface area contributed by atoms with Crippen LogP contribution in [-0.4, -0.2) is 38.0 Å². The molecule has 5 nitrogen and oxygen atoms in total. The van der Waals surface area contributed by atoms with Gasteiger partial charge in [-0.1, -0.05) is 42.8 Å². The quantitative estimate of drug-likeness (QED) is 0.753. The second-order valence-electron chi connectivity index (χ2n) is 6.71. The van der Waals surface area contributed by atoms with E-state index in [2.05, 4.69) is 6.92 Å². The van der Waals surface area contributed by atoms with Crippen molar-refractivity contribution in [2.24, 2.45) is 0 Å². The van der Waals surface area contributed by atoms with E-state index in [-0.39, 0.29) is 17.5 Å². The molecule has 0 unspecified atom stereocenters. The van der Waals surface area contributed by atoms with Crippen LogP contribution >= 0.6 is 11.6 Å². The van der Waals surface area contributed by atoms with Crippen LogP contribution in [0.4, 0.5) is 16.2 Å². The largest absolute Gasteiger partial charge is 0.329 e. The summed E-state index contributed by atoms with van der Waals surface area (Å²) in [7, 11) is -3.22. The van der Waals surface area contributed by atoms with Crippen molar-refractivity contribution in [3.8, 4) is 0 Å². The lowest BCUT2D eigenvalue weighted by Crippen LogP contribution is -2.38.